The van der Waals surface area contributed by atoms with Gasteiger partial charge in [-0.15, -0.1) is 0 Å². The van der Waals surface area contributed by atoms with Crippen LogP contribution in [0, 0.1) is 18.3 Å². The summed E-state index contributed by atoms with van der Waals surface area (Å²) in [5.74, 6) is 0.694. The molecule has 1 rings (SSSR count). The van der Waals surface area contributed by atoms with E-state index in [2.05, 4.69) is 67.9 Å². The highest BCUT2D eigenvalue weighted by molar-refractivity contribution is 9.09. The Balaban J connectivity index is 2.76. The van der Waals surface area contributed by atoms with E-state index in [0.717, 1.165) is 11.8 Å². The molecule has 84 valence electrons. The van der Waals surface area contributed by atoms with Crippen LogP contribution in [0.1, 0.15) is 31.9 Å². The highest BCUT2D eigenvalue weighted by atomic mass is 79.9. The van der Waals surface area contributed by atoms with Crippen molar-refractivity contribution in [3.63, 3.8) is 0 Å². The zero-order chi connectivity index (χ0) is 11.5. The van der Waals surface area contributed by atoms with Gasteiger partial charge in [-0.25, -0.2) is 0 Å². The molecule has 1 heteroatoms. The molecule has 0 N–H and O–H groups in total. The Bertz CT molecular complexity index is 309. The zero-order valence-corrected chi connectivity index (χ0v) is 11.8. The first-order valence-corrected chi connectivity index (χ1v) is 6.67. The Labute approximate surface area is 102 Å². The van der Waals surface area contributed by atoms with Gasteiger partial charge in [0.25, 0.3) is 0 Å². The van der Waals surface area contributed by atoms with Gasteiger partial charge in [-0.2, -0.15) is 0 Å². The topological polar surface area (TPSA) is 0 Å². The fourth-order valence-corrected chi connectivity index (χ4v) is 2.92. The molecule has 0 heterocycles. The summed E-state index contributed by atoms with van der Waals surface area (Å²) in [4.78, 5) is 0. The maximum absolute atomic E-state index is 3.63. The number of alkyl halides is 1. The molecule has 0 aliphatic carbocycles. The standard InChI is InChI=1S/C14H21Br/c1-11-6-5-7-12(8-11)9-13(10-15)14(2,3)4/h5-8,13H,9-10H2,1-4H3. The third kappa shape index (κ3) is 3.98. The maximum Gasteiger partial charge on any atom is 0.00678 e. The molecule has 0 aliphatic heterocycles. The van der Waals surface area contributed by atoms with E-state index in [4.69, 9.17) is 0 Å². The Morgan fingerprint density at radius 1 is 1.27 bits per heavy atom. The molecule has 1 atom stereocenters. The fraction of sp³-hybridized carbons (Fsp3) is 0.571. The van der Waals surface area contributed by atoms with Crippen molar-refractivity contribution in [1.29, 1.82) is 0 Å². The Morgan fingerprint density at radius 3 is 2.40 bits per heavy atom. The summed E-state index contributed by atoms with van der Waals surface area (Å²) in [5.41, 5.74) is 3.18. The van der Waals surface area contributed by atoms with Crippen molar-refractivity contribution in [2.45, 2.75) is 34.1 Å². The summed E-state index contributed by atoms with van der Waals surface area (Å²) in [6.07, 6.45) is 1.16. The molecule has 1 aromatic carbocycles. The molecule has 0 fully saturated rings. The van der Waals surface area contributed by atoms with E-state index < -0.39 is 0 Å². The molecule has 1 aromatic rings. The van der Waals surface area contributed by atoms with Crippen LogP contribution in [0.5, 0.6) is 0 Å². The van der Waals surface area contributed by atoms with Crippen molar-refractivity contribution in [1.82, 2.24) is 0 Å². The summed E-state index contributed by atoms with van der Waals surface area (Å²) in [6.45, 7) is 9.10. The van der Waals surface area contributed by atoms with Crippen LogP contribution < -0.4 is 0 Å². The van der Waals surface area contributed by atoms with Crippen LogP contribution in [0.3, 0.4) is 0 Å². The van der Waals surface area contributed by atoms with Crippen molar-refractivity contribution in [3.05, 3.63) is 35.4 Å². The predicted octanol–water partition coefficient (Wildman–Crippen LogP) is 4.59. The lowest BCUT2D eigenvalue weighted by atomic mass is 9.78. The molecular weight excluding hydrogens is 248 g/mol. The van der Waals surface area contributed by atoms with Crippen molar-refractivity contribution < 1.29 is 0 Å². The highest BCUT2D eigenvalue weighted by Crippen LogP contribution is 2.30. The second-order valence-corrected chi connectivity index (χ2v) is 6.06. The van der Waals surface area contributed by atoms with Crippen LogP contribution in [0.25, 0.3) is 0 Å². The Kier molecular flexibility index (Phi) is 4.39. The van der Waals surface area contributed by atoms with E-state index in [9.17, 15) is 0 Å². The molecule has 0 amide bonds. The SMILES string of the molecule is Cc1cccc(CC(CBr)C(C)(C)C)c1. The van der Waals surface area contributed by atoms with E-state index >= 15 is 0 Å². The molecule has 0 aliphatic rings. The summed E-state index contributed by atoms with van der Waals surface area (Å²) < 4.78 is 0. The minimum absolute atomic E-state index is 0.368. The van der Waals surface area contributed by atoms with E-state index in [1.54, 1.807) is 0 Å². The normalized spacial score (nSPS) is 13.9. The van der Waals surface area contributed by atoms with Crippen molar-refractivity contribution >= 4 is 15.9 Å². The predicted molar refractivity (Wildman–Crippen MR) is 71.6 cm³/mol. The maximum atomic E-state index is 3.63. The number of rotatable bonds is 3. The fourth-order valence-electron chi connectivity index (χ4n) is 1.72. The van der Waals surface area contributed by atoms with Crippen LogP contribution in [-0.2, 0) is 6.42 Å². The summed E-state index contributed by atoms with van der Waals surface area (Å²) >= 11 is 3.63. The third-order valence-corrected chi connectivity index (χ3v) is 3.76. The van der Waals surface area contributed by atoms with E-state index in [1.807, 2.05) is 0 Å². The molecule has 0 saturated carbocycles. The van der Waals surface area contributed by atoms with E-state index in [-0.39, 0.29) is 0 Å². The molecular formula is C14H21Br. The summed E-state index contributed by atoms with van der Waals surface area (Å²) in [6, 6.07) is 8.83. The Morgan fingerprint density at radius 2 is 1.93 bits per heavy atom. The second kappa shape index (κ2) is 5.16. The first kappa shape index (κ1) is 12.8. The molecule has 0 bridgehead atoms. The van der Waals surface area contributed by atoms with E-state index in [1.165, 1.54) is 11.1 Å². The van der Waals surface area contributed by atoms with Crippen LogP contribution in [0.4, 0.5) is 0 Å². The van der Waals surface area contributed by atoms with Gasteiger partial charge in [0.05, 0.1) is 0 Å². The lowest BCUT2D eigenvalue weighted by molar-refractivity contribution is 0.267. The number of halogens is 1. The number of aryl methyl sites for hydroxylation is 1. The molecule has 0 saturated heterocycles. The van der Waals surface area contributed by atoms with Crippen molar-refractivity contribution in [2.75, 3.05) is 5.33 Å². The average molecular weight is 269 g/mol. The van der Waals surface area contributed by atoms with Crippen molar-refractivity contribution in [2.24, 2.45) is 11.3 Å². The number of hydrogen-bond donors (Lipinski definition) is 0. The van der Waals surface area contributed by atoms with Gasteiger partial charge in [0, 0.05) is 5.33 Å². The van der Waals surface area contributed by atoms with Crippen LogP contribution in [0.15, 0.2) is 24.3 Å². The molecule has 15 heavy (non-hydrogen) atoms. The first-order valence-electron chi connectivity index (χ1n) is 5.55. The lowest BCUT2D eigenvalue weighted by Crippen LogP contribution is -2.24. The molecule has 0 nitrogen and oxygen atoms in total. The monoisotopic (exact) mass is 268 g/mol. The van der Waals surface area contributed by atoms with Gasteiger partial charge >= 0.3 is 0 Å². The third-order valence-electron chi connectivity index (χ3n) is 2.98. The molecule has 0 radical (unpaired) electrons. The zero-order valence-electron chi connectivity index (χ0n) is 10.2. The molecule has 1 unspecified atom stereocenters. The minimum atomic E-state index is 0.368. The van der Waals surface area contributed by atoms with Crippen LogP contribution in [-0.4, -0.2) is 5.33 Å². The largest absolute Gasteiger partial charge is 0.0925 e. The average Bonchev–Trinajstić information content (AvgIpc) is 2.12. The first-order chi connectivity index (χ1) is 6.93. The smallest absolute Gasteiger partial charge is 0.00678 e. The van der Waals surface area contributed by atoms with Gasteiger partial charge in [-0.1, -0.05) is 66.5 Å². The quantitative estimate of drug-likeness (QED) is 0.704. The van der Waals surface area contributed by atoms with Gasteiger partial charge in [0.1, 0.15) is 0 Å². The summed E-state index contributed by atoms with van der Waals surface area (Å²) in [5, 5.41) is 1.07. The van der Waals surface area contributed by atoms with Crippen LogP contribution >= 0.6 is 15.9 Å². The van der Waals surface area contributed by atoms with Gasteiger partial charge in [0.15, 0.2) is 0 Å². The molecule has 0 aromatic heterocycles. The van der Waals surface area contributed by atoms with Gasteiger partial charge < -0.3 is 0 Å². The summed E-state index contributed by atoms with van der Waals surface area (Å²) in [7, 11) is 0. The Hall–Kier alpha value is -0.300. The number of benzene rings is 1. The van der Waals surface area contributed by atoms with Crippen LogP contribution in [0.2, 0.25) is 0 Å². The highest BCUT2D eigenvalue weighted by Gasteiger charge is 2.23. The van der Waals surface area contributed by atoms with Gasteiger partial charge in [-0.05, 0) is 30.2 Å². The number of hydrogen-bond acceptors (Lipinski definition) is 0. The lowest BCUT2D eigenvalue weighted by Gasteiger charge is -2.29. The van der Waals surface area contributed by atoms with Gasteiger partial charge in [-0.3, -0.25) is 0 Å². The van der Waals surface area contributed by atoms with E-state index in [0.29, 0.717) is 11.3 Å². The second-order valence-electron chi connectivity index (χ2n) is 5.41. The van der Waals surface area contributed by atoms with Gasteiger partial charge in [0.2, 0.25) is 0 Å². The van der Waals surface area contributed by atoms with Crippen molar-refractivity contribution in [3.8, 4) is 0 Å². The molecule has 0 spiro atoms. The minimum Gasteiger partial charge on any atom is -0.0925 e.